The van der Waals surface area contributed by atoms with E-state index < -0.39 is 0 Å². The molecule has 2 aromatic rings. The van der Waals surface area contributed by atoms with E-state index in [2.05, 4.69) is 21.0 Å². The minimum Gasteiger partial charge on any atom is -0.490 e. The van der Waals surface area contributed by atoms with Gasteiger partial charge in [0.2, 0.25) is 0 Å². The molecule has 0 N–H and O–H groups in total. The Morgan fingerprint density at radius 2 is 2.07 bits per heavy atom. The second-order valence-electron chi connectivity index (χ2n) is 5.80. The van der Waals surface area contributed by atoms with E-state index in [-0.39, 0.29) is 12.5 Å². The third-order valence-electron chi connectivity index (χ3n) is 3.75. The molecule has 152 valence electrons. The van der Waals surface area contributed by atoms with Crippen molar-refractivity contribution >= 4 is 79.6 Å². The van der Waals surface area contributed by atoms with Gasteiger partial charge in [-0.15, -0.1) is 0 Å². The van der Waals surface area contributed by atoms with E-state index in [1.807, 2.05) is 19.1 Å². The number of thioether (sulfide) groups is 1. The zero-order chi connectivity index (χ0) is 21.0. The van der Waals surface area contributed by atoms with Crippen LogP contribution in [0.25, 0.3) is 0 Å². The van der Waals surface area contributed by atoms with Crippen LogP contribution in [0.2, 0.25) is 10.0 Å². The second kappa shape index (κ2) is 10.1. The third-order valence-corrected chi connectivity index (χ3v) is 6.42. The lowest BCUT2D eigenvalue weighted by molar-refractivity contribution is -0.123. The van der Waals surface area contributed by atoms with Gasteiger partial charge in [-0.1, -0.05) is 53.2 Å². The van der Waals surface area contributed by atoms with Gasteiger partial charge in [0.05, 0.1) is 33.1 Å². The number of benzene rings is 2. The standard InChI is InChI=1S/C19H15BrCl2N2O3S2/c1-2-26-16-7-12(8-23-24-17(25)10-29-19(24)28)5-13(20)18(16)27-9-11-3-4-14(21)15(22)6-11/h3-8H,2,9-10H2,1H3/b23-8+. The monoisotopic (exact) mass is 532 g/mol. The Labute approximate surface area is 196 Å². The lowest BCUT2D eigenvalue weighted by Gasteiger charge is -2.15. The van der Waals surface area contributed by atoms with Crippen LogP contribution in [0.1, 0.15) is 18.1 Å². The molecule has 1 aliphatic heterocycles. The van der Waals surface area contributed by atoms with E-state index in [0.29, 0.717) is 42.7 Å². The maximum atomic E-state index is 11.8. The van der Waals surface area contributed by atoms with Gasteiger partial charge in [0.15, 0.2) is 15.8 Å². The van der Waals surface area contributed by atoms with Crippen LogP contribution in [0.4, 0.5) is 0 Å². The Hall–Kier alpha value is -1.32. The molecule has 1 aliphatic rings. The molecule has 0 atom stereocenters. The molecule has 0 spiro atoms. The number of carbonyl (C=O) groups excluding carboxylic acids is 1. The Morgan fingerprint density at radius 1 is 1.28 bits per heavy atom. The smallest absolute Gasteiger partial charge is 0.259 e. The Balaban J connectivity index is 1.81. The molecule has 0 unspecified atom stereocenters. The minimum absolute atomic E-state index is 0.137. The second-order valence-corrected chi connectivity index (χ2v) is 9.08. The first kappa shape index (κ1) is 22.4. The van der Waals surface area contributed by atoms with Crippen LogP contribution in [0.5, 0.6) is 11.5 Å². The van der Waals surface area contributed by atoms with Crippen LogP contribution < -0.4 is 9.47 Å². The molecular weight excluding hydrogens is 519 g/mol. The summed E-state index contributed by atoms with van der Waals surface area (Å²) in [5, 5.41) is 6.38. The highest BCUT2D eigenvalue weighted by Crippen LogP contribution is 2.37. The highest BCUT2D eigenvalue weighted by atomic mass is 79.9. The van der Waals surface area contributed by atoms with Gasteiger partial charge in [0.1, 0.15) is 6.61 Å². The molecule has 5 nitrogen and oxygen atoms in total. The van der Waals surface area contributed by atoms with Gasteiger partial charge in [-0.25, -0.2) is 0 Å². The number of amides is 1. The van der Waals surface area contributed by atoms with Crippen molar-refractivity contribution < 1.29 is 14.3 Å². The summed E-state index contributed by atoms with van der Waals surface area (Å²) in [6.07, 6.45) is 1.56. The molecule has 3 rings (SSSR count). The summed E-state index contributed by atoms with van der Waals surface area (Å²) in [7, 11) is 0. The van der Waals surface area contributed by atoms with Crippen molar-refractivity contribution in [2.45, 2.75) is 13.5 Å². The van der Waals surface area contributed by atoms with Crippen molar-refractivity contribution in [3.8, 4) is 11.5 Å². The van der Waals surface area contributed by atoms with Crippen LogP contribution in [-0.4, -0.2) is 33.8 Å². The molecule has 1 amide bonds. The molecular formula is C19H15BrCl2N2O3S2. The average Bonchev–Trinajstić information content (AvgIpc) is 3.00. The number of nitrogens with zero attached hydrogens (tertiary/aromatic N) is 2. The number of hydrazone groups is 1. The predicted octanol–water partition coefficient (Wildman–Crippen LogP) is 5.93. The van der Waals surface area contributed by atoms with Crippen LogP contribution in [0.15, 0.2) is 39.9 Å². The zero-order valence-corrected chi connectivity index (χ0v) is 19.9. The Morgan fingerprint density at radius 3 is 2.72 bits per heavy atom. The summed E-state index contributed by atoms with van der Waals surface area (Å²) in [5.74, 6) is 1.28. The van der Waals surface area contributed by atoms with E-state index in [1.165, 1.54) is 16.8 Å². The summed E-state index contributed by atoms with van der Waals surface area (Å²) in [6.45, 7) is 2.63. The molecule has 2 aromatic carbocycles. The molecule has 1 saturated heterocycles. The molecule has 0 aliphatic carbocycles. The molecule has 29 heavy (non-hydrogen) atoms. The Kier molecular flexibility index (Phi) is 7.81. The third kappa shape index (κ3) is 5.64. The maximum Gasteiger partial charge on any atom is 0.259 e. The molecule has 10 heteroatoms. The SMILES string of the molecule is CCOc1cc(/C=N/N2C(=O)CSC2=S)cc(Br)c1OCc1ccc(Cl)c(Cl)c1. The van der Waals surface area contributed by atoms with Crippen molar-refractivity contribution in [3.05, 3.63) is 56.0 Å². The van der Waals surface area contributed by atoms with Crippen LogP contribution in [-0.2, 0) is 11.4 Å². The van der Waals surface area contributed by atoms with E-state index >= 15 is 0 Å². The van der Waals surface area contributed by atoms with Crippen LogP contribution >= 0.6 is 63.1 Å². The number of hydrogen-bond acceptors (Lipinski definition) is 6. The molecule has 1 heterocycles. The summed E-state index contributed by atoms with van der Waals surface area (Å²) < 4.78 is 12.8. The van der Waals surface area contributed by atoms with Crippen molar-refractivity contribution in [1.82, 2.24) is 5.01 Å². The highest BCUT2D eigenvalue weighted by molar-refractivity contribution is 9.10. The van der Waals surface area contributed by atoms with Gasteiger partial charge in [0.25, 0.3) is 5.91 Å². The lowest BCUT2D eigenvalue weighted by atomic mass is 10.2. The lowest BCUT2D eigenvalue weighted by Crippen LogP contribution is -2.22. The number of hydrogen-bond donors (Lipinski definition) is 0. The molecule has 0 bridgehead atoms. The first-order chi connectivity index (χ1) is 13.9. The normalized spacial score (nSPS) is 14.1. The topological polar surface area (TPSA) is 51.1 Å². The van der Waals surface area contributed by atoms with Gasteiger partial charge < -0.3 is 9.47 Å². The van der Waals surface area contributed by atoms with Crippen molar-refractivity contribution in [2.24, 2.45) is 5.10 Å². The Bertz CT molecular complexity index is 972. The summed E-state index contributed by atoms with van der Waals surface area (Å²) in [5.41, 5.74) is 1.60. The van der Waals surface area contributed by atoms with E-state index in [9.17, 15) is 4.79 Å². The number of ether oxygens (including phenoxy) is 2. The van der Waals surface area contributed by atoms with Crippen molar-refractivity contribution in [3.63, 3.8) is 0 Å². The number of rotatable bonds is 7. The van der Waals surface area contributed by atoms with Crippen molar-refractivity contribution in [2.75, 3.05) is 12.4 Å². The van der Waals surface area contributed by atoms with Gasteiger partial charge >= 0.3 is 0 Å². The minimum atomic E-state index is -0.137. The number of carbonyl (C=O) groups is 1. The van der Waals surface area contributed by atoms with Crippen LogP contribution in [0, 0.1) is 0 Å². The summed E-state index contributed by atoms with van der Waals surface area (Å²) in [4.78, 5) is 11.8. The van der Waals surface area contributed by atoms with Gasteiger partial charge in [-0.05, 0) is 58.2 Å². The molecule has 0 saturated carbocycles. The molecule has 0 radical (unpaired) electrons. The average molecular weight is 534 g/mol. The molecule has 0 aromatic heterocycles. The summed E-state index contributed by atoms with van der Waals surface area (Å²) >= 11 is 22.0. The maximum absolute atomic E-state index is 11.8. The predicted molar refractivity (Wildman–Crippen MR) is 126 cm³/mol. The highest BCUT2D eigenvalue weighted by Gasteiger charge is 2.26. The van der Waals surface area contributed by atoms with Gasteiger partial charge in [0, 0.05) is 0 Å². The first-order valence-electron chi connectivity index (χ1n) is 8.45. The first-order valence-corrected chi connectivity index (χ1v) is 11.4. The zero-order valence-electron chi connectivity index (χ0n) is 15.2. The fraction of sp³-hybridized carbons (Fsp3) is 0.211. The largest absolute Gasteiger partial charge is 0.490 e. The van der Waals surface area contributed by atoms with E-state index in [4.69, 9.17) is 44.9 Å². The van der Waals surface area contributed by atoms with Gasteiger partial charge in [-0.2, -0.15) is 10.1 Å². The van der Waals surface area contributed by atoms with E-state index in [0.717, 1.165) is 11.1 Å². The fourth-order valence-corrected chi connectivity index (χ4v) is 4.30. The van der Waals surface area contributed by atoms with Gasteiger partial charge in [-0.3, -0.25) is 4.79 Å². The summed E-state index contributed by atoms with van der Waals surface area (Å²) in [6, 6.07) is 8.94. The fourth-order valence-electron chi connectivity index (χ4n) is 2.43. The number of thiocarbonyl (C=S) groups is 1. The van der Waals surface area contributed by atoms with E-state index in [1.54, 1.807) is 24.4 Å². The number of halogens is 3. The quantitative estimate of drug-likeness (QED) is 0.326. The van der Waals surface area contributed by atoms with Crippen LogP contribution in [0.3, 0.4) is 0 Å². The van der Waals surface area contributed by atoms with Crippen molar-refractivity contribution in [1.29, 1.82) is 0 Å². The molecule has 1 fully saturated rings.